The van der Waals surface area contributed by atoms with Gasteiger partial charge >= 0.3 is 0 Å². The lowest BCUT2D eigenvalue weighted by molar-refractivity contribution is -0.127. The van der Waals surface area contributed by atoms with E-state index < -0.39 is 17.1 Å². The molecule has 9 heteroatoms. The fourth-order valence-corrected chi connectivity index (χ4v) is 4.22. The minimum atomic E-state index is -0.555. The molecule has 3 amide bonds. The monoisotopic (exact) mass is 490 g/mol. The number of amides is 3. The van der Waals surface area contributed by atoms with Crippen LogP contribution in [0.3, 0.4) is 0 Å². The third-order valence-corrected chi connectivity index (χ3v) is 6.10. The number of ether oxygens (including phenoxy) is 1. The Kier molecular flexibility index (Phi) is 6.52. The molecule has 2 aromatic rings. The summed E-state index contributed by atoms with van der Waals surface area (Å²) in [6.45, 7) is 3.36. The molecule has 1 fully saturated rings. The number of methoxy groups -OCH3 is 1. The molecule has 0 saturated carbocycles. The number of phenols is 1. The summed E-state index contributed by atoms with van der Waals surface area (Å²) in [7, 11) is 1.41. The Labute approximate surface area is 186 Å². The van der Waals surface area contributed by atoms with E-state index in [1.807, 2.05) is 32.0 Å². The molecule has 0 unspecified atom stereocenters. The Morgan fingerprint density at radius 1 is 1.27 bits per heavy atom. The highest BCUT2D eigenvalue weighted by Gasteiger charge is 2.36. The van der Waals surface area contributed by atoms with Gasteiger partial charge in [0.25, 0.3) is 11.1 Å². The number of phenolic OH excluding ortho intramolecular Hbond substituents is 1. The van der Waals surface area contributed by atoms with Crippen molar-refractivity contribution in [3.8, 4) is 11.5 Å². The van der Waals surface area contributed by atoms with Crippen LogP contribution in [0.1, 0.15) is 16.7 Å². The number of nitrogens with one attached hydrogen (secondary N) is 1. The SMILES string of the molecule is COc1cc(/C=C2/SC(=O)N(CC(=O)Nc3c(C)cccc3C)C2=O)c(Br)cc1O. The molecule has 2 aromatic carbocycles. The van der Waals surface area contributed by atoms with Crippen molar-refractivity contribution in [2.75, 3.05) is 19.0 Å². The normalized spacial score (nSPS) is 15.1. The van der Waals surface area contributed by atoms with Gasteiger partial charge in [-0.3, -0.25) is 19.3 Å². The number of nitrogens with zero attached hydrogens (tertiary/aromatic N) is 1. The Morgan fingerprint density at radius 3 is 2.57 bits per heavy atom. The summed E-state index contributed by atoms with van der Waals surface area (Å²) in [4.78, 5) is 38.6. The van der Waals surface area contributed by atoms with Crippen LogP contribution in [0.5, 0.6) is 11.5 Å². The van der Waals surface area contributed by atoms with E-state index in [9.17, 15) is 19.5 Å². The second-order valence-corrected chi connectivity index (χ2v) is 8.48. The number of thioether (sulfide) groups is 1. The van der Waals surface area contributed by atoms with E-state index in [-0.39, 0.29) is 22.9 Å². The van der Waals surface area contributed by atoms with Gasteiger partial charge in [0.2, 0.25) is 5.91 Å². The Hall–Kier alpha value is -2.78. The molecule has 0 spiro atoms. The van der Waals surface area contributed by atoms with Crippen LogP contribution in [-0.4, -0.2) is 40.7 Å². The zero-order valence-corrected chi connectivity index (χ0v) is 18.9. The topological polar surface area (TPSA) is 95.9 Å². The van der Waals surface area contributed by atoms with Crippen molar-refractivity contribution < 1.29 is 24.2 Å². The number of carbonyl (C=O) groups excluding carboxylic acids is 3. The fourth-order valence-electron chi connectivity index (χ4n) is 2.94. The first-order valence-corrected chi connectivity index (χ1v) is 10.5. The highest BCUT2D eigenvalue weighted by molar-refractivity contribution is 9.10. The van der Waals surface area contributed by atoms with Gasteiger partial charge in [0.1, 0.15) is 6.54 Å². The van der Waals surface area contributed by atoms with Crippen LogP contribution in [0.15, 0.2) is 39.7 Å². The number of carbonyl (C=O) groups is 3. The number of halogens is 1. The molecule has 7 nitrogen and oxygen atoms in total. The fraction of sp³-hybridized carbons (Fsp3) is 0.190. The molecule has 0 bridgehead atoms. The van der Waals surface area contributed by atoms with Gasteiger partial charge in [-0.05, 0) is 60.5 Å². The summed E-state index contributed by atoms with van der Waals surface area (Å²) in [5.41, 5.74) is 3.01. The lowest BCUT2D eigenvalue weighted by Gasteiger charge is -2.15. The number of hydrogen-bond acceptors (Lipinski definition) is 6. The van der Waals surface area contributed by atoms with Gasteiger partial charge in [0.05, 0.1) is 12.0 Å². The molecule has 0 atom stereocenters. The van der Waals surface area contributed by atoms with Crippen LogP contribution in [0.2, 0.25) is 0 Å². The molecular weight excluding hydrogens is 472 g/mol. The van der Waals surface area contributed by atoms with Gasteiger partial charge in [-0.1, -0.05) is 34.1 Å². The van der Waals surface area contributed by atoms with Crippen LogP contribution in [0.25, 0.3) is 6.08 Å². The smallest absolute Gasteiger partial charge is 0.294 e. The minimum absolute atomic E-state index is 0.0576. The lowest BCUT2D eigenvalue weighted by Crippen LogP contribution is -2.36. The summed E-state index contributed by atoms with van der Waals surface area (Å²) in [6.07, 6.45) is 1.51. The van der Waals surface area contributed by atoms with Crippen molar-refractivity contribution in [2.45, 2.75) is 13.8 Å². The maximum atomic E-state index is 12.7. The average molecular weight is 491 g/mol. The van der Waals surface area contributed by atoms with Crippen LogP contribution in [0.4, 0.5) is 10.5 Å². The molecule has 1 aliphatic rings. The van der Waals surface area contributed by atoms with E-state index in [2.05, 4.69) is 21.2 Å². The Balaban J connectivity index is 1.78. The van der Waals surface area contributed by atoms with E-state index in [4.69, 9.17) is 4.74 Å². The van der Waals surface area contributed by atoms with Crippen molar-refractivity contribution in [3.05, 3.63) is 56.4 Å². The first kappa shape index (κ1) is 21.9. The number of benzene rings is 2. The minimum Gasteiger partial charge on any atom is -0.504 e. The predicted molar refractivity (Wildman–Crippen MR) is 120 cm³/mol. The van der Waals surface area contributed by atoms with Crippen LogP contribution in [-0.2, 0) is 9.59 Å². The molecule has 1 heterocycles. The number of para-hydroxylation sites is 1. The molecule has 0 aliphatic carbocycles. The molecule has 1 aliphatic heterocycles. The predicted octanol–water partition coefficient (Wildman–Crippen LogP) is 4.46. The van der Waals surface area contributed by atoms with E-state index >= 15 is 0 Å². The van der Waals surface area contributed by atoms with Crippen molar-refractivity contribution in [1.29, 1.82) is 0 Å². The Bertz CT molecular complexity index is 1060. The number of rotatable bonds is 5. The van der Waals surface area contributed by atoms with Crippen molar-refractivity contribution in [2.24, 2.45) is 0 Å². The van der Waals surface area contributed by atoms with Gasteiger partial charge in [-0.2, -0.15) is 0 Å². The van der Waals surface area contributed by atoms with E-state index in [0.29, 0.717) is 15.7 Å². The standard InChI is InChI=1S/C21H19BrN2O5S/c1-11-5-4-6-12(2)19(11)23-18(26)10-24-20(27)17(30-21(24)28)8-13-7-16(29-3)15(25)9-14(13)22/h4-9,25H,10H2,1-3H3,(H,23,26)/b17-8+. The number of hydrogen-bond donors (Lipinski definition) is 2. The van der Waals surface area contributed by atoms with Crippen molar-refractivity contribution in [3.63, 3.8) is 0 Å². The zero-order chi connectivity index (χ0) is 22.0. The summed E-state index contributed by atoms with van der Waals surface area (Å²) in [5.74, 6) is -0.835. The quantitative estimate of drug-likeness (QED) is 0.600. The molecule has 0 radical (unpaired) electrons. The highest BCUT2D eigenvalue weighted by Crippen LogP contribution is 2.37. The zero-order valence-electron chi connectivity index (χ0n) is 16.5. The van der Waals surface area contributed by atoms with Gasteiger partial charge in [0.15, 0.2) is 11.5 Å². The first-order valence-electron chi connectivity index (χ1n) is 8.89. The van der Waals surface area contributed by atoms with Crippen molar-refractivity contribution >= 4 is 56.5 Å². The number of imide groups is 1. The van der Waals surface area contributed by atoms with Crippen LogP contribution >= 0.6 is 27.7 Å². The molecule has 0 aromatic heterocycles. The molecule has 2 N–H and O–H groups in total. The summed E-state index contributed by atoms with van der Waals surface area (Å²) in [5, 5.41) is 12.1. The van der Waals surface area contributed by atoms with E-state index in [1.165, 1.54) is 19.3 Å². The first-order chi connectivity index (χ1) is 14.2. The third-order valence-electron chi connectivity index (χ3n) is 4.51. The molecule has 156 valence electrons. The maximum absolute atomic E-state index is 12.7. The molecular formula is C21H19BrN2O5S. The van der Waals surface area contributed by atoms with Gasteiger partial charge in [-0.15, -0.1) is 0 Å². The summed E-state index contributed by atoms with van der Waals surface area (Å²) in [6, 6.07) is 8.61. The third kappa shape index (κ3) is 4.52. The highest BCUT2D eigenvalue weighted by atomic mass is 79.9. The number of aromatic hydroxyl groups is 1. The largest absolute Gasteiger partial charge is 0.504 e. The van der Waals surface area contributed by atoms with E-state index in [1.54, 1.807) is 6.07 Å². The second-order valence-electron chi connectivity index (χ2n) is 6.63. The second kappa shape index (κ2) is 8.93. The summed E-state index contributed by atoms with van der Waals surface area (Å²) >= 11 is 4.07. The van der Waals surface area contributed by atoms with Gasteiger partial charge in [-0.25, -0.2) is 0 Å². The molecule has 1 saturated heterocycles. The molecule has 3 rings (SSSR count). The number of aryl methyl sites for hydroxylation is 2. The van der Waals surface area contributed by atoms with Gasteiger partial charge < -0.3 is 15.2 Å². The lowest BCUT2D eigenvalue weighted by atomic mass is 10.1. The average Bonchev–Trinajstić information content (AvgIpc) is 2.94. The van der Waals surface area contributed by atoms with Gasteiger partial charge in [0, 0.05) is 10.2 Å². The number of anilines is 1. The van der Waals surface area contributed by atoms with E-state index in [0.717, 1.165) is 27.8 Å². The van der Waals surface area contributed by atoms with Crippen LogP contribution < -0.4 is 10.1 Å². The maximum Gasteiger partial charge on any atom is 0.294 e. The Morgan fingerprint density at radius 2 is 1.93 bits per heavy atom. The summed E-state index contributed by atoms with van der Waals surface area (Å²) < 4.78 is 5.61. The molecule has 30 heavy (non-hydrogen) atoms. The van der Waals surface area contributed by atoms with Crippen molar-refractivity contribution in [1.82, 2.24) is 4.90 Å². The van der Waals surface area contributed by atoms with Crippen LogP contribution in [0, 0.1) is 13.8 Å².